The summed E-state index contributed by atoms with van der Waals surface area (Å²) in [6.45, 7) is 9.50. The molecule has 76 valence electrons. The number of hydrogen-bond acceptors (Lipinski definition) is 3. The van der Waals surface area contributed by atoms with Crippen molar-refractivity contribution in [2.24, 2.45) is 0 Å². The summed E-state index contributed by atoms with van der Waals surface area (Å²) in [5.74, 6) is 0. The van der Waals surface area contributed by atoms with Crippen molar-refractivity contribution in [1.82, 2.24) is 15.5 Å². The Morgan fingerprint density at radius 2 is 2.00 bits per heavy atom. The first-order valence-corrected chi connectivity index (χ1v) is 5.53. The van der Waals surface area contributed by atoms with Crippen molar-refractivity contribution in [1.29, 1.82) is 0 Å². The van der Waals surface area contributed by atoms with Gasteiger partial charge < -0.3 is 15.5 Å². The van der Waals surface area contributed by atoms with Crippen LogP contribution in [0.2, 0.25) is 0 Å². The summed E-state index contributed by atoms with van der Waals surface area (Å²) in [6.07, 6.45) is 2.59. The summed E-state index contributed by atoms with van der Waals surface area (Å²) in [5, 5.41) is 7.15. The molecule has 0 aromatic rings. The zero-order valence-corrected chi connectivity index (χ0v) is 8.60. The first-order chi connectivity index (χ1) is 6.35. The molecule has 2 rings (SSSR count). The molecule has 2 heterocycles. The molecular formula is C10H21N3. The summed E-state index contributed by atoms with van der Waals surface area (Å²) < 4.78 is 0. The summed E-state index contributed by atoms with van der Waals surface area (Å²) in [4.78, 5) is 2.57. The van der Waals surface area contributed by atoms with E-state index >= 15 is 0 Å². The Kier molecular flexibility index (Phi) is 2.86. The molecule has 0 aromatic carbocycles. The number of rotatable bonds is 1. The van der Waals surface area contributed by atoms with Crippen LogP contribution in [0, 0.1) is 0 Å². The van der Waals surface area contributed by atoms with E-state index in [0.717, 1.165) is 0 Å². The third-order valence-corrected chi connectivity index (χ3v) is 3.46. The van der Waals surface area contributed by atoms with Gasteiger partial charge in [-0.25, -0.2) is 0 Å². The summed E-state index contributed by atoms with van der Waals surface area (Å²) in [6, 6.07) is 0. The molecule has 0 amide bonds. The van der Waals surface area contributed by atoms with Crippen molar-refractivity contribution in [3.8, 4) is 0 Å². The van der Waals surface area contributed by atoms with Gasteiger partial charge >= 0.3 is 0 Å². The highest BCUT2D eigenvalue weighted by Crippen LogP contribution is 2.21. The predicted molar refractivity (Wildman–Crippen MR) is 55.0 cm³/mol. The van der Waals surface area contributed by atoms with Gasteiger partial charge in [-0.2, -0.15) is 0 Å². The molecule has 0 aliphatic carbocycles. The van der Waals surface area contributed by atoms with Crippen LogP contribution in [0.4, 0.5) is 0 Å². The fourth-order valence-electron chi connectivity index (χ4n) is 2.55. The van der Waals surface area contributed by atoms with Crippen LogP contribution in [0.1, 0.15) is 19.8 Å². The SMILES string of the molecule is CCN1CCNC2(CCNCC2)C1. The molecule has 3 heteroatoms. The van der Waals surface area contributed by atoms with Gasteiger partial charge in [0.05, 0.1) is 0 Å². The fraction of sp³-hybridized carbons (Fsp3) is 1.00. The van der Waals surface area contributed by atoms with Crippen molar-refractivity contribution in [2.45, 2.75) is 25.3 Å². The van der Waals surface area contributed by atoms with Crippen molar-refractivity contribution in [3.05, 3.63) is 0 Å². The monoisotopic (exact) mass is 183 g/mol. The number of piperidine rings is 1. The van der Waals surface area contributed by atoms with E-state index in [1.165, 1.54) is 52.1 Å². The highest BCUT2D eigenvalue weighted by atomic mass is 15.2. The lowest BCUT2D eigenvalue weighted by Gasteiger charge is -2.46. The molecule has 2 N–H and O–H groups in total. The molecule has 0 bridgehead atoms. The normalized spacial score (nSPS) is 29.3. The van der Waals surface area contributed by atoms with E-state index in [-0.39, 0.29) is 0 Å². The molecule has 0 aromatic heterocycles. The maximum atomic E-state index is 3.72. The molecule has 0 unspecified atom stereocenters. The molecule has 2 aliphatic heterocycles. The third kappa shape index (κ3) is 2.03. The first-order valence-electron chi connectivity index (χ1n) is 5.53. The lowest BCUT2D eigenvalue weighted by atomic mass is 9.86. The minimum Gasteiger partial charge on any atom is -0.317 e. The smallest absolute Gasteiger partial charge is 0.0333 e. The fourth-order valence-corrected chi connectivity index (χ4v) is 2.55. The van der Waals surface area contributed by atoms with Crippen LogP contribution in [-0.2, 0) is 0 Å². The largest absolute Gasteiger partial charge is 0.317 e. The lowest BCUT2D eigenvalue weighted by Crippen LogP contribution is -2.63. The van der Waals surface area contributed by atoms with Gasteiger partial charge in [0.1, 0.15) is 0 Å². The summed E-state index contributed by atoms with van der Waals surface area (Å²) in [7, 11) is 0. The Hall–Kier alpha value is -0.120. The molecule has 0 radical (unpaired) electrons. The maximum absolute atomic E-state index is 3.72. The first kappa shape index (κ1) is 9.44. The Bertz CT molecular complexity index is 158. The summed E-state index contributed by atoms with van der Waals surface area (Å²) >= 11 is 0. The second-order valence-electron chi connectivity index (χ2n) is 4.33. The van der Waals surface area contributed by atoms with Crippen LogP contribution in [-0.4, -0.2) is 49.7 Å². The molecule has 13 heavy (non-hydrogen) atoms. The van der Waals surface area contributed by atoms with Crippen LogP contribution in [0.5, 0.6) is 0 Å². The van der Waals surface area contributed by atoms with Crippen molar-refractivity contribution >= 4 is 0 Å². The minimum absolute atomic E-state index is 0.444. The van der Waals surface area contributed by atoms with Crippen LogP contribution in [0.25, 0.3) is 0 Å². The van der Waals surface area contributed by atoms with Crippen LogP contribution < -0.4 is 10.6 Å². The van der Waals surface area contributed by atoms with E-state index in [1.54, 1.807) is 0 Å². The Labute approximate surface area is 80.9 Å². The van der Waals surface area contributed by atoms with E-state index in [9.17, 15) is 0 Å². The van der Waals surface area contributed by atoms with Gasteiger partial charge in [-0.15, -0.1) is 0 Å². The Morgan fingerprint density at radius 1 is 1.23 bits per heavy atom. The average Bonchev–Trinajstić information content (AvgIpc) is 2.19. The molecule has 2 aliphatic rings. The number of piperazine rings is 1. The van der Waals surface area contributed by atoms with E-state index in [0.29, 0.717) is 5.54 Å². The Morgan fingerprint density at radius 3 is 2.69 bits per heavy atom. The van der Waals surface area contributed by atoms with E-state index in [1.807, 2.05) is 0 Å². The zero-order valence-electron chi connectivity index (χ0n) is 8.60. The molecule has 2 saturated heterocycles. The molecule has 2 fully saturated rings. The zero-order chi connectivity index (χ0) is 9.15. The highest BCUT2D eigenvalue weighted by Gasteiger charge is 2.35. The topological polar surface area (TPSA) is 27.3 Å². The second-order valence-corrected chi connectivity index (χ2v) is 4.33. The van der Waals surface area contributed by atoms with Crippen LogP contribution in [0.15, 0.2) is 0 Å². The molecule has 0 atom stereocenters. The van der Waals surface area contributed by atoms with Gasteiger partial charge in [-0.3, -0.25) is 0 Å². The minimum atomic E-state index is 0.444. The van der Waals surface area contributed by atoms with Crippen LogP contribution in [0.3, 0.4) is 0 Å². The quantitative estimate of drug-likeness (QED) is 0.601. The average molecular weight is 183 g/mol. The van der Waals surface area contributed by atoms with Crippen molar-refractivity contribution < 1.29 is 0 Å². The van der Waals surface area contributed by atoms with E-state index in [4.69, 9.17) is 0 Å². The Balaban J connectivity index is 1.95. The van der Waals surface area contributed by atoms with Crippen LogP contribution >= 0.6 is 0 Å². The molecular weight excluding hydrogens is 162 g/mol. The molecule has 0 saturated carbocycles. The molecule has 3 nitrogen and oxygen atoms in total. The van der Waals surface area contributed by atoms with Crippen molar-refractivity contribution in [2.75, 3.05) is 39.3 Å². The van der Waals surface area contributed by atoms with Gasteiger partial charge in [0.2, 0.25) is 0 Å². The number of hydrogen-bond donors (Lipinski definition) is 2. The van der Waals surface area contributed by atoms with E-state index in [2.05, 4.69) is 22.5 Å². The standard InChI is InChI=1S/C10H21N3/c1-2-13-8-7-12-10(9-13)3-5-11-6-4-10/h11-12H,2-9H2,1H3. The summed E-state index contributed by atoms with van der Waals surface area (Å²) in [5.41, 5.74) is 0.444. The van der Waals surface area contributed by atoms with E-state index < -0.39 is 0 Å². The van der Waals surface area contributed by atoms with Gasteiger partial charge in [0, 0.05) is 25.2 Å². The van der Waals surface area contributed by atoms with Crippen molar-refractivity contribution in [3.63, 3.8) is 0 Å². The van der Waals surface area contributed by atoms with Gasteiger partial charge in [0.25, 0.3) is 0 Å². The number of nitrogens with zero attached hydrogens (tertiary/aromatic N) is 1. The van der Waals surface area contributed by atoms with Gasteiger partial charge in [-0.05, 0) is 32.5 Å². The maximum Gasteiger partial charge on any atom is 0.0333 e. The van der Waals surface area contributed by atoms with Gasteiger partial charge in [0.15, 0.2) is 0 Å². The predicted octanol–water partition coefficient (Wildman–Crippen LogP) is 0.0337. The lowest BCUT2D eigenvalue weighted by molar-refractivity contribution is 0.109. The number of nitrogens with one attached hydrogen (secondary N) is 2. The number of likely N-dealkylation sites (N-methyl/N-ethyl adjacent to an activating group) is 1. The van der Waals surface area contributed by atoms with Gasteiger partial charge in [-0.1, -0.05) is 6.92 Å². The third-order valence-electron chi connectivity index (χ3n) is 3.46. The second kappa shape index (κ2) is 3.95. The highest BCUT2D eigenvalue weighted by molar-refractivity contribution is 4.97. The molecule has 1 spiro atoms.